The van der Waals surface area contributed by atoms with Crippen molar-refractivity contribution >= 4 is 5.91 Å². The Morgan fingerprint density at radius 1 is 1.16 bits per heavy atom. The Hall–Kier alpha value is -1.49. The fraction of sp³-hybridized carbons (Fsp3) is 0.500. The zero-order valence-corrected chi connectivity index (χ0v) is 10.5. The predicted molar refractivity (Wildman–Crippen MR) is 66.2 cm³/mol. The van der Waals surface area contributed by atoms with Gasteiger partial charge in [0.25, 0.3) is 0 Å². The molecule has 3 nitrogen and oxygen atoms in total. The number of nitrogens with one attached hydrogen (secondary N) is 1. The third kappa shape index (κ3) is 2.23. The lowest BCUT2D eigenvalue weighted by Crippen LogP contribution is -2.38. The summed E-state index contributed by atoms with van der Waals surface area (Å²) in [4.78, 5) is 13.8. The third-order valence-electron chi connectivity index (χ3n) is 3.99. The summed E-state index contributed by atoms with van der Waals surface area (Å²) in [6.07, 6.45) is 3.91. The molecule has 1 saturated carbocycles. The average Bonchev–Trinajstić information content (AvgIpc) is 3.01. The van der Waals surface area contributed by atoms with E-state index in [4.69, 9.17) is 0 Å². The molecule has 2 aliphatic rings. The van der Waals surface area contributed by atoms with Crippen LogP contribution < -0.4 is 5.32 Å². The zero-order chi connectivity index (χ0) is 13.4. The number of rotatable bonds is 2. The van der Waals surface area contributed by atoms with E-state index in [1.165, 1.54) is 12.1 Å². The van der Waals surface area contributed by atoms with Crippen LogP contribution in [0, 0.1) is 11.6 Å². The number of halogens is 2. The molecule has 1 unspecified atom stereocenters. The second-order valence-electron chi connectivity index (χ2n) is 5.20. The molecule has 1 aromatic rings. The molecular formula is C14H16F2N2O. The van der Waals surface area contributed by atoms with Gasteiger partial charge >= 0.3 is 0 Å². The molecule has 0 aromatic heterocycles. The van der Waals surface area contributed by atoms with Crippen LogP contribution in [0.15, 0.2) is 18.2 Å². The van der Waals surface area contributed by atoms with Gasteiger partial charge in [-0.3, -0.25) is 10.1 Å². The molecule has 2 fully saturated rings. The average molecular weight is 266 g/mol. The molecule has 0 spiro atoms. The third-order valence-corrected chi connectivity index (χ3v) is 3.99. The van der Waals surface area contributed by atoms with Crippen LogP contribution in [-0.4, -0.2) is 23.4 Å². The summed E-state index contributed by atoms with van der Waals surface area (Å²) in [5.41, 5.74) is 0.608. The summed E-state index contributed by atoms with van der Waals surface area (Å²) in [6.45, 7) is 0.264. The second kappa shape index (κ2) is 4.89. The molecule has 102 valence electrons. The molecular weight excluding hydrogens is 250 g/mol. The van der Waals surface area contributed by atoms with Crippen LogP contribution in [0.3, 0.4) is 0 Å². The number of hydrogen-bond donors (Lipinski definition) is 1. The summed E-state index contributed by atoms with van der Waals surface area (Å²) in [5.74, 6) is -1.69. The number of carbonyl (C=O) groups is 1. The number of hydrogen-bond acceptors (Lipinski definition) is 2. The maximum atomic E-state index is 13.3. The van der Waals surface area contributed by atoms with Crippen LogP contribution in [0.2, 0.25) is 0 Å². The number of amides is 1. The maximum absolute atomic E-state index is 13.3. The van der Waals surface area contributed by atoms with E-state index in [2.05, 4.69) is 5.32 Å². The highest BCUT2D eigenvalue weighted by atomic mass is 19.2. The monoisotopic (exact) mass is 266 g/mol. The first-order valence-electron chi connectivity index (χ1n) is 6.66. The van der Waals surface area contributed by atoms with E-state index in [9.17, 15) is 13.6 Å². The van der Waals surface area contributed by atoms with Gasteiger partial charge in [-0.1, -0.05) is 18.9 Å². The van der Waals surface area contributed by atoms with Crippen molar-refractivity contribution < 1.29 is 13.6 Å². The van der Waals surface area contributed by atoms with Gasteiger partial charge in [0, 0.05) is 6.04 Å². The molecule has 1 aromatic carbocycles. The van der Waals surface area contributed by atoms with Crippen molar-refractivity contribution in [2.45, 2.75) is 37.9 Å². The minimum absolute atomic E-state index is 0.0432. The van der Waals surface area contributed by atoms with Gasteiger partial charge in [-0.2, -0.15) is 0 Å². The summed E-state index contributed by atoms with van der Waals surface area (Å²) in [6, 6.07) is 4.05. The standard InChI is InChI=1S/C14H16F2N2O/c15-11-6-5-9(7-12(11)16)14-17-8-13(19)18(14)10-3-1-2-4-10/h5-7,10,14,17H,1-4,8H2. The SMILES string of the molecule is O=C1CNC(c2ccc(F)c(F)c2)N1C1CCCC1. The summed E-state index contributed by atoms with van der Waals surface area (Å²) in [5, 5.41) is 3.08. The molecule has 1 N–H and O–H groups in total. The Kier molecular flexibility index (Phi) is 3.22. The number of carbonyl (C=O) groups excluding carboxylic acids is 1. The quantitative estimate of drug-likeness (QED) is 0.891. The van der Waals surface area contributed by atoms with Crippen molar-refractivity contribution in [2.75, 3.05) is 6.54 Å². The lowest BCUT2D eigenvalue weighted by Gasteiger charge is -2.30. The molecule has 1 aliphatic heterocycles. The van der Waals surface area contributed by atoms with Gasteiger partial charge in [0.15, 0.2) is 11.6 Å². The van der Waals surface area contributed by atoms with Crippen LogP contribution in [0.1, 0.15) is 37.4 Å². The Morgan fingerprint density at radius 3 is 2.58 bits per heavy atom. The topological polar surface area (TPSA) is 32.3 Å². The molecule has 1 atom stereocenters. The van der Waals surface area contributed by atoms with Crippen molar-refractivity contribution in [3.05, 3.63) is 35.4 Å². The molecule has 3 rings (SSSR count). The van der Waals surface area contributed by atoms with Crippen molar-refractivity contribution in [1.82, 2.24) is 10.2 Å². The van der Waals surface area contributed by atoms with Gasteiger partial charge in [0.2, 0.25) is 5.91 Å². The smallest absolute Gasteiger partial charge is 0.238 e. The Labute approximate surface area is 110 Å². The van der Waals surface area contributed by atoms with Crippen molar-refractivity contribution in [3.63, 3.8) is 0 Å². The molecule has 0 bridgehead atoms. The van der Waals surface area contributed by atoms with Crippen LogP contribution in [0.25, 0.3) is 0 Å². The van der Waals surface area contributed by atoms with Crippen molar-refractivity contribution in [3.8, 4) is 0 Å². The molecule has 5 heteroatoms. The van der Waals surface area contributed by atoms with E-state index in [-0.39, 0.29) is 24.7 Å². The highest BCUT2D eigenvalue weighted by Gasteiger charge is 2.37. The Balaban J connectivity index is 1.89. The van der Waals surface area contributed by atoms with Crippen LogP contribution >= 0.6 is 0 Å². The summed E-state index contributed by atoms with van der Waals surface area (Å²) < 4.78 is 26.3. The maximum Gasteiger partial charge on any atom is 0.238 e. The van der Waals surface area contributed by atoms with Gasteiger partial charge in [-0.25, -0.2) is 8.78 Å². The summed E-state index contributed by atoms with van der Waals surface area (Å²) >= 11 is 0. The first-order valence-corrected chi connectivity index (χ1v) is 6.66. The number of benzene rings is 1. The van der Waals surface area contributed by atoms with Crippen LogP contribution in [-0.2, 0) is 4.79 Å². The van der Waals surface area contributed by atoms with E-state index < -0.39 is 11.6 Å². The molecule has 1 aliphatic carbocycles. The largest absolute Gasteiger partial charge is 0.319 e. The van der Waals surface area contributed by atoms with Crippen molar-refractivity contribution in [1.29, 1.82) is 0 Å². The molecule has 1 amide bonds. The van der Waals surface area contributed by atoms with Crippen LogP contribution in [0.4, 0.5) is 8.78 Å². The normalized spacial score (nSPS) is 24.4. The lowest BCUT2D eigenvalue weighted by molar-refractivity contribution is -0.130. The molecule has 1 heterocycles. The van der Waals surface area contributed by atoms with E-state index in [0.717, 1.165) is 31.7 Å². The van der Waals surface area contributed by atoms with E-state index >= 15 is 0 Å². The molecule has 19 heavy (non-hydrogen) atoms. The van der Waals surface area contributed by atoms with Gasteiger partial charge in [-0.15, -0.1) is 0 Å². The number of nitrogens with zero attached hydrogens (tertiary/aromatic N) is 1. The first-order chi connectivity index (χ1) is 9.16. The van der Waals surface area contributed by atoms with Gasteiger partial charge in [0.05, 0.1) is 6.54 Å². The lowest BCUT2D eigenvalue weighted by atomic mass is 10.1. The van der Waals surface area contributed by atoms with E-state index in [1.807, 2.05) is 0 Å². The van der Waals surface area contributed by atoms with Gasteiger partial charge < -0.3 is 4.90 Å². The molecule has 0 radical (unpaired) electrons. The fourth-order valence-electron chi connectivity index (χ4n) is 3.08. The highest BCUT2D eigenvalue weighted by Crippen LogP contribution is 2.32. The zero-order valence-electron chi connectivity index (χ0n) is 10.5. The Morgan fingerprint density at radius 2 is 1.89 bits per heavy atom. The first kappa shape index (κ1) is 12.5. The minimum atomic E-state index is -0.870. The Bertz CT molecular complexity index is 500. The molecule has 1 saturated heterocycles. The predicted octanol–water partition coefficient (Wildman–Crippen LogP) is 2.34. The van der Waals surface area contributed by atoms with Gasteiger partial charge in [0.1, 0.15) is 6.17 Å². The van der Waals surface area contributed by atoms with E-state index in [1.54, 1.807) is 4.90 Å². The fourth-order valence-corrected chi connectivity index (χ4v) is 3.08. The van der Waals surface area contributed by atoms with Crippen molar-refractivity contribution in [2.24, 2.45) is 0 Å². The second-order valence-corrected chi connectivity index (χ2v) is 5.20. The highest BCUT2D eigenvalue weighted by molar-refractivity contribution is 5.81. The van der Waals surface area contributed by atoms with Crippen LogP contribution in [0.5, 0.6) is 0 Å². The van der Waals surface area contributed by atoms with Gasteiger partial charge in [-0.05, 0) is 30.5 Å². The van der Waals surface area contributed by atoms with E-state index in [0.29, 0.717) is 5.56 Å². The summed E-state index contributed by atoms with van der Waals surface area (Å²) in [7, 11) is 0. The minimum Gasteiger partial charge on any atom is -0.319 e.